The summed E-state index contributed by atoms with van der Waals surface area (Å²) >= 11 is 0. The zero-order chi connectivity index (χ0) is 22.6. The van der Waals surface area contributed by atoms with Crippen LogP contribution in [-0.2, 0) is 6.61 Å². The maximum absolute atomic E-state index is 13.8. The molecule has 0 aliphatic rings. The monoisotopic (exact) mass is 437 g/mol. The van der Waals surface area contributed by atoms with Gasteiger partial charge in [0.2, 0.25) is 0 Å². The number of nitrogens with one attached hydrogen (secondary N) is 1. The molecule has 0 saturated heterocycles. The summed E-state index contributed by atoms with van der Waals surface area (Å²) in [4.78, 5) is 23.5. The van der Waals surface area contributed by atoms with Gasteiger partial charge in [-0.3, -0.25) is 9.59 Å². The van der Waals surface area contributed by atoms with Crippen LogP contribution in [-0.4, -0.2) is 39.5 Å². The third kappa shape index (κ3) is 5.35. The molecule has 0 bridgehead atoms. The van der Waals surface area contributed by atoms with Gasteiger partial charge in [0, 0.05) is 5.56 Å². The summed E-state index contributed by atoms with van der Waals surface area (Å²) in [6.45, 7) is -1.77. The van der Waals surface area contributed by atoms with E-state index in [2.05, 4.69) is 10.3 Å². The predicted octanol–water partition coefficient (Wildman–Crippen LogP) is 2.38. The molecule has 0 unspecified atom stereocenters. The van der Waals surface area contributed by atoms with Crippen LogP contribution in [0.15, 0.2) is 48.5 Å². The number of aromatic nitrogens is 3. The molecule has 2 amide bonds. The fourth-order valence-corrected chi connectivity index (χ4v) is 2.57. The minimum atomic E-state index is -4.53. The quantitative estimate of drug-likeness (QED) is 0.552. The fraction of sp³-hybridized carbons (Fsp3) is 0.158. The highest BCUT2D eigenvalue weighted by atomic mass is 19.4. The summed E-state index contributed by atoms with van der Waals surface area (Å²) in [7, 11) is 0. The number of carbonyl (C=O) groups is 2. The zero-order valence-corrected chi connectivity index (χ0v) is 15.7. The molecule has 0 atom stereocenters. The van der Waals surface area contributed by atoms with Gasteiger partial charge in [-0.05, 0) is 36.4 Å². The second-order valence-electron chi connectivity index (χ2n) is 6.22. The van der Waals surface area contributed by atoms with Crippen LogP contribution in [0.2, 0.25) is 0 Å². The standard InChI is InChI=1S/C19H15F4N5O3/c20-13-3-1-2-4-15(13)31-9-14-16(17(24)29)26-27-28(14)12-7-5-11(6-8-12)18(30)25-10-19(21,22)23/h1-8H,9-10H2,(H2,24,29)(H,25,30). The van der Waals surface area contributed by atoms with E-state index in [0.29, 0.717) is 5.69 Å². The molecule has 2 aromatic carbocycles. The third-order valence-corrected chi connectivity index (χ3v) is 4.02. The molecule has 0 spiro atoms. The highest BCUT2D eigenvalue weighted by molar-refractivity contribution is 5.94. The van der Waals surface area contributed by atoms with Gasteiger partial charge in [-0.2, -0.15) is 13.2 Å². The molecule has 0 aliphatic carbocycles. The summed E-state index contributed by atoms with van der Waals surface area (Å²) in [5.74, 6) is -2.48. The number of alkyl halides is 3. The zero-order valence-electron chi connectivity index (χ0n) is 15.7. The Morgan fingerprint density at radius 2 is 1.77 bits per heavy atom. The first-order chi connectivity index (χ1) is 14.7. The van der Waals surface area contributed by atoms with E-state index in [1.54, 1.807) is 11.4 Å². The van der Waals surface area contributed by atoms with Crippen LogP contribution in [0.1, 0.15) is 26.5 Å². The molecule has 3 N–H and O–H groups in total. The maximum Gasteiger partial charge on any atom is 0.405 e. The van der Waals surface area contributed by atoms with Crippen LogP contribution in [0.4, 0.5) is 17.6 Å². The van der Waals surface area contributed by atoms with Crippen molar-refractivity contribution in [2.75, 3.05) is 6.54 Å². The number of hydrogen-bond donors (Lipinski definition) is 2. The van der Waals surface area contributed by atoms with Gasteiger partial charge in [0.1, 0.15) is 18.8 Å². The van der Waals surface area contributed by atoms with Gasteiger partial charge >= 0.3 is 6.18 Å². The molecule has 1 heterocycles. The van der Waals surface area contributed by atoms with E-state index in [4.69, 9.17) is 10.5 Å². The van der Waals surface area contributed by atoms with Gasteiger partial charge in [0.05, 0.1) is 5.69 Å². The van der Waals surface area contributed by atoms with E-state index in [1.807, 2.05) is 0 Å². The smallest absolute Gasteiger partial charge is 0.405 e. The molecule has 0 fully saturated rings. The number of hydrogen-bond acceptors (Lipinski definition) is 5. The van der Waals surface area contributed by atoms with Crippen molar-refractivity contribution >= 4 is 11.8 Å². The van der Waals surface area contributed by atoms with Gasteiger partial charge in [0.15, 0.2) is 17.3 Å². The molecule has 8 nitrogen and oxygen atoms in total. The van der Waals surface area contributed by atoms with Gasteiger partial charge in [-0.25, -0.2) is 9.07 Å². The van der Waals surface area contributed by atoms with Crippen LogP contribution in [0.25, 0.3) is 5.69 Å². The topological polar surface area (TPSA) is 112 Å². The molecule has 12 heteroatoms. The number of rotatable bonds is 7. The largest absolute Gasteiger partial charge is 0.484 e. The van der Waals surface area contributed by atoms with E-state index >= 15 is 0 Å². The first-order valence-electron chi connectivity index (χ1n) is 8.73. The lowest BCUT2D eigenvalue weighted by molar-refractivity contribution is -0.123. The molecule has 1 aromatic heterocycles. The normalized spacial score (nSPS) is 11.2. The van der Waals surface area contributed by atoms with Gasteiger partial charge in [-0.15, -0.1) is 5.10 Å². The molecule has 3 aromatic rings. The Balaban J connectivity index is 1.83. The second-order valence-corrected chi connectivity index (χ2v) is 6.22. The first-order valence-corrected chi connectivity index (χ1v) is 8.73. The van der Waals surface area contributed by atoms with Crippen molar-refractivity contribution < 1.29 is 31.9 Å². The van der Waals surface area contributed by atoms with E-state index in [9.17, 15) is 27.2 Å². The van der Waals surface area contributed by atoms with Crippen LogP contribution >= 0.6 is 0 Å². The van der Waals surface area contributed by atoms with Crippen LogP contribution < -0.4 is 15.8 Å². The molecule has 0 saturated carbocycles. The lowest BCUT2D eigenvalue weighted by atomic mass is 10.2. The Kier molecular flexibility index (Phi) is 6.18. The van der Waals surface area contributed by atoms with E-state index in [0.717, 1.165) is 0 Å². The van der Waals surface area contributed by atoms with Crippen LogP contribution in [0.5, 0.6) is 5.75 Å². The van der Waals surface area contributed by atoms with Crippen molar-refractivity contribution in [2.24, 2.45) is 5.73 Å². The van der Waals surface area contributed by atoms with Gasteiger partial charge in [-0.1, -0.05) is 17.3 Å². The second kappa shape index (κ2) is 8.81. The number of nitrogens with two attached hydrogens (primary N) is 1. The lowest BCUT2D eigenvalue weighted by Gasteiger charge is -2.11. The molecule has 0 aliphatic heterocycles. The lowest BCUT2D eigenvalue weighted by Crippen LogP contribution is -2.33. The molecule has 162 valence electrons. The Bertz CT molecular complexity index is 1100. The number of halogens is 4. The Labute approximate surface area is 172 Å². The van der Waals surface area contributed by atoms with Crippen molar-refractivity contribution in [1.29, 1.82) is 0 Å². The third-order valence-electron chi connectivity index (χ3n) is 4.02. The van der Waals surface area contributed by atoms with Crippen LogP contribution in [0.3, 0.4) is 0 Å². The molecular formula is C19H15F4N5O3. The van der Waals surface area contributed by atoms with Gasteiger partial charge in [0.25, 0.3) is 11.8 Å². The van der Waals surface area contributed by atoms with Crippen molar-refractivity contribution in [1.82, 2.24) is 20.3 Å². The average Bonchev–Trinajstić information content (AvgIpc) is 3.15. The summed E-state index contributed by atoms with van der Waals surface area (Å²) in [5, 5.41) is 9.29. The van der Waals surface area contributed by atoms with E-state index < -0.39 is 30.4 Å². The molecule has 3 rings (SSSR count). The molecule has 31 heavy (non-hydrogen) atoms. The average molecular weight is 437 g/mol. The number of nitrogens with zero attached hydrogens (tertiary/aromatic N) is 3. The minimum Gasteiger partial charge on any atom is -0.484 e. The number of benzene rings is 2. The number of primary amides is 1. The van der Waals surface area contributed by atoms with Gasteiger partial charge < -0.3 is 15.8 Å². The summed E-state index contributed by atoms with van der Waals surface area (Å²) in [5.41, 5.74) is 5.52. The van der Waals surface area contributed by atoms with Crippen LogP contribution in [0, 0.1) is 5.82 Å². The van der Waals surface area contributed by atoms with Crippen molar-refractivity contribution in [3.8, 4) is 11.4 Å². The number of ether oxygens (including phenoxy) is 1. The number of amides is 2. The van der Waals surface area contributed by atoms with E-state index in [1.165, 1.54) is 47.1 Å². The Hall–Kier alpha value is -3.96. The Morgan fingerprint density at radius 3 is 2.39 bits per heavy atom. The predicted molar refractivity (Wildman–Crippen MR) is 99.0 cm³/mol. The minimum absolute atomic E-state index is 0.0209. The summed E-state index contributed by atoms with van der Waals surface area (Å²) in [6.07, 6.45) is -4.53. The molecular weight excluding hydrogens is 422 g/mol. The van der Waals surface area contributed by atoms with Crippen molar-refractivity contribution in [2.45, 2.75) is 12.8 Å². The molecule has 0 radical (unpaired) electrons. The number of para-hydroxylation sites is 1. The van der Waals surface area contributed by atoms with E-state index in [-0.39, 0.29) is 29.3 Å². The van der Waals surface area contributed by atoms with Crippen molar-refractivity contribution in [3.63, 3.8) is 0 Å². The Morgan fingerprint density at radius 1 is 1.10 bits per heavy atom. The maximum atomic E-state index is 13.8. The fourth-order valence-electron chi connectivity index (χ4n) is 2.57. The number of carbonyl (C=O) groups excluding carboxylic acids is 2. The summed E-state index contributed by atoms with van der Waals surface area (Å²) < 4.78 is 57.1. The SMILES string of the molecule is NC(=O)c1nnn(-c2ccc(C(=O)NCC(F)(F)F)cc2)c1COc1ccccc1F. The first kappa shape index (κ1) is 21.7. The highest BCUT2D eigenvalue weighted by Crippen LogP contribution is 2.20. The summed E-state index contributed by atoms with van der Waals surface area (Å²) in [6, 6.07) is 10.9. The highest BCUT2D eigenvalue weighted by Gasteiger charge is 2.28. The van der Waals surface area contributed by atoms with Crippen molar-refractivity contribution in [3.05, 3.63) is 71.3 Å².